The van der Waals surface area contributed by atoms with Gasteiger partial charge in [-0.2, -0.15) is 5.10 Å². The Balaban J connectivity index is 2.50. The number of fused-ring (bicyclic) bond motifs is 1. The molecule has 1 aromatic carbocycles. The molecule has 2 nitrogen and oxygen atoms in total. The Kier molecular flexibility index (Phi) is 2.66. The van der Waals surface area contributed by atoms with Crippen molar-refractivity contribution in [1.82, 2.24) is 9.78 Å². The quantitative estimate of drug-likeness (QED) is 0.780. The summed E-state index contributed by atoms with van der Waals surface area (Å²) in [5.41, 5.74) is 0.761. The van der Waals surface area contributed by atoms with Gasteiger partial charge >= 0.3 is 0 Å². The second-order valence-electron chi connectivity index (χ2n) is 2.92. The number of benzene rings is 1. The predicted molar refractivity (Wildman–Crippen MR) is 58.5 cm³/mol. The maximum absolute atomic E-state index is 12.2. The summed E-state index contributed by atoms with van der Waals surface area (Å²) >= 11 is 2.15. The van der Waals surface area contributed by atoms with E-state index in [1.807, 2.05) is 18.2 Å². The van der Waals surface area contributed by atoms with Gasteiger partial charge in [-0.15, -0.1) is 0 Å². The summed E-state index contributed by atoms with van der Waals surface area (Å²) in [6, 6.07) is 5.66. The Morgan fingerprint density at radius 1 is 1.43 bits per heavy atom. The smallest absolute Gasteiger partial charge is 0.257 e. The maximum Gasteiger partial charge on any atom is 0.257 e. The van der Waals surface area contributed by atoms with E-state index >= 15 is 0 Å². The molecule has 0 saturated heterocycles. The van der Waals surface area contributed by atoms with Crippen molar-refractivity contribution in [2.75, 3.05) is 0 Å². The van der Waals surface area contributed by atoms with E-state index in [2.05, 4.69) is 27.7 Å². The van der Waals surface area contributed by atoms with Gasteiger partial charge in [0.15, 0.2) is 0 Å². The third-order valence-corrected chi connectivity index (χ3v) is 2.59. The molecular weight excluding hydrogens is 301 g/mol. The molecule has 0 bridgehead atoms. The third kappa shape index (κ3) is 1.87. The van der Waals surface area contributed by atoms with Gasteiger partial charge in [-0.3, -0.25) is 4.68 Å². The molecule has 0 aliphatic carbocycles. The Morgan fingerprint density at radius 3 is 2.93 bits per heavy atom. The molecule has 0 atom stereocenters. The zero-order valence-corrected chi connectivity index (χ0v) is 9.28. The number of halogens is 3. The van der Waals surface area contributed by atoms with Crippen LogP contribution < -0.4 is 0 Å². The van der Waals surface area contributed by atoms with Gasteiger partial charge in [0.25, 0.3) is 6.43 Å². The van der Waals surface area contributed by atoms with Gasteiger partial charge in [-0.05, 0) is 34.7 Å². The molecule has 0 unspecified atom stereocenters. The second kappa shape index (κ2) is 3.80. The van der Waals surface area contributed by atoms with Crippen LogP contribution >= 0.6 is 22.6 Å². The molecule has 0 aliphatic rings. The Labute approximate surface area is 93.0 Å². The van der Waals surface area contributed by atoms with Crippen LogP contribution in [0.4, 0.5) is 8.78 Å². The van der Waals surface area contributed by atoms with Crippen LogP contribution in [0.3, 0.4) is 0 Å². The normalized spacial score (nSPS) is 11.4. The highest BCUT2D eigenvalue weighted by molar-refractivity contribution is 14.1. The van der Waals surface area contributed by atoms with E-state index in [1.165, 1.54) is 4.68 Å². The fourth-order valence-corrected chi connectivity index (χ4v) is 1.79. The topological polar surface area (TPSA) is 17.8 Å². The molecular formula is C9H7F2IN2. The lowest BCUT2D eigenvalue weighted by atomic mass is 10.2. The molecule has 2 rings (SSSR count). The summed E-state index contributed by atoms with van der Waals surface area (Å²) in [6.45, 7) is -0.344. The summed E-state index contributed by atoms with van der Waals surface area (Å²) in [5.74, 6) is 0. The first-order chi connectivity index (χ1) is 6.66. The van der Waals surface area contributed by atoms with Crippen LogP contribution in [0.1, 0.15) is 0 Å². The fraction of sp³-hybridized carbons (Fsp3) is 0.222. The Bertz CT molecular complexity index is 453. The lowest BCUT2D eigenvalue weighted by molar-refractivity contribution is 0.123. The first-order valence-corrected chi connectivity index (χ1v) is 5.14. The number of nitrogens with zero attached hydrogens (tertiary/aromatic N) is 2. The summed E-state index contributed by atoms with van der Waals surface area (Å²) in [7, 11) is 0. The van der Waals surface area contributed by atoms with Crippen molar-refractivity contribution >= 4 is 33.5 Å². The average Bonchev–Trinajstić information content (AvgIpc) is 2.47. The van der Waals surface area contributed by atoms with Crippen LogP contribution in [-0.4, -0.2) is 16.2 Å². The van der Waals surface area contributed by atoms with Crippen LogP contribution in [-0.2, 0) is 6.54 Å². The van der Waals surface area contributed by atoms with Crippen LogP contribution in [0.5, 0.6) is 0 Å². The maximum atomic E-state index is 12.2. The second-order valence-corrected chi connectivity index (χ2v) is 4.17. The van der Waals surface area contributed by atoms with Crippen LogP contribution in [0.25, 0.3) is 10.9 Å². The molecule has 2 aromatic rings. The third-order valence-electron chi connectivity index (χ3n) is 1.92. The van der Waals surface area contributed by atoms with E-state index in [4.69, 9.17) is 0 Å². The number of aromatic nitrogens is 2. The molecule has 0 aliphatic heterocycles. The van der Waals surface area contributed by atoms with Gasteiger partial charge in [-0.25, -0.2) is 8.78 Å². The standard InChI is InChI=1S/C9H7F2IN2/c10-9(11)5-14-8-3-7(12)2-1-6(8)4-13-14/h1-4,9H,5H2. The summed E-state index contributed by atoms with van der Waals surface area (Å²) in [6.07, 6.45) is -0.760. The first-order valence-electron chi connectivity index (χ1n) is 4.06. The molecule has 0 N–H and O–H groups in total. The molecule has 0 fully saturated rings. The fourth-order valence-electron chi connectivity index (χ4n) is 1.32. The van der Waals surface area contributed by atoms with E-state index in [0.29, 0.717) is 0 Å². The Morgan fingerprint density at radius 2 is 2.21 bits per heavy atom. The minimum Gasteiger partial charge on any atom is -0.259 e. The van der Waals surface area contributed by atoms with E-state index in [9.17, 15) is 8.78 Å². The lowest BCUT2D eigenvalue weighted by Crippen LogP contribution is -2.07. The lowest BCUT2D eigenvalue weighted by Gasteiger charge is -2.01. The molecule has 0 saturated carbocycles. The van der Waals surface area contributed by atoms with Crippen molar-refractivity contribution in [1.29, 1.82) is 0 Å². The molecule has 5 heteroatoms. The van der Waals surface area contributed by atoms with Gasteiger partial charge in [-0.1, -0.05) is 6.07 Å². The van der Waals surface area contributed by atoms with Crippen molar-refractivity contribution in [3.8, 4) is 0 Å². The number of hydrogen-bond donors (Lipinski definition) is 0. The number of alkyl halides is 2. The van der Waals surface area contributed by atoms with E-state index in [0.717, 1.165) is 14.5 Å². The highest BCUT2D eigenvalue weighted by Gasteiger charge is 2.08. The largest absolute Gasteiger partial charge is 0.259 e. The minimum atomic E-state index is -2.36. The summed E-state index contributed by atoms with van der Waals surface area (Å²) < 4.78 is 26.7. The van der Waals surface area contributed by atoms with Gasteiger partial charge in [0.1, 0.15) is 6.54 Å². The molecule has 14 heavy (non-hydrogen) atoms. The van der Waals surface area contributed by atoms with Crippen molar-refractivity contribution in [2.45, 2.75) is 13.0 Å². The van der Waals surface area contributed by atoms with Crippen LogP contribution in [0, 0.1) is 3.57 Å². The highest BCUT2D eigenvalue weighted by Crippen LogP contribution is 2.17. The summed E-state index contributed by atoms with van der Waals surface area (Å²) in [4.78, 5) is 0. The SMILES string of the molecule is FC(F)Cn1ncc2ccc(I)cc21. The van der Waals surface area contributed by atoms with Gasteiger partial charge in [0.05, 0.1) is 11.7 Å². The van der Waals surface area contributed by atoms with E-state index in [-0.39, 0.29) is 6.54 Å². The Hall–Kier alpha value is -0.720. The van der Waals surface area contributed by atoms with E-state index in [1.54, 1.807) is 6.20 Å². The van der Waals surface area contributed by atoms with Crippen molar-refractivity contribution in [3.63, 3.8) is 0 Å². The van der Waals surface area contributed by atoms with E-state index < -0.39 is 6.43 Å². The molecule has 74 valence electrons. The molecule has 0 amide bonds. The molecule has 1 aromatic heterocycles. The van der Waals surface area contributed by atoms with Gasteiger partial charge in [0.2, 0.25) is 0 Å². The van der Waals surface area contributed by atoms with Gasteiger partial charge < -0.3 is 0 Å². The average molecular weight is 308 g/mol. The highest BCUT2D eigenvalue weighted by atomic mass is 127. The summed E-state index contributed by atoms with van der Waals surface area (Å²) in [5, 5.41) is 4.80. The zero-order chi connectivity index (χ0) is 10.1. The monoisotopic (exact) mass is 308 g/mol. The molecule has 0 spiro atoms. The van der Waals surface area contributed by atoms with Crippen LogP contribution in [0.15, 0.2) is 24.4 Å². The van der Waals surface area contributed by atoms with Crippen molar-refractivity contribution in [3.05, 3.63) is 28.0 Å². The zero-order valence-electron chi connectivity index (χ0n) is 7.12. The number of rotatable bonds is 2. The van der Waals surface area contributed by atoms with Gasteiger partial charge in [0, 0.05) is 8.96 Å². The first kappa shape index (κ1) is 9.82. The number of hydrogen-bond acceptors (Lipinski definition) is 1. The predicted octanol–water partition coefficient (Wildman–Crippen LogP) is 2.91. The molecule has 1 heterocycles. The minimum absolute atomic E-state index is 0.344. The van der Waals surface area contributed by atoms with Crippen molar-refractivity contribution < 1.29 is 8.78 Å². The van der Waals surface area contributed by atoms with Crippen molar-refractivity contribution in [2.24, 2.45) is 0 Å². The molecule has 0 radical (unpaired) electrons. The van der Waals surface area contributed by atoms with Crippen LogP contribution in [0.2, 0.25) is 0 Å².